The van der Waals surface area contributed by atoms with Crippen molar-refractivity contribution in [2.45, 2.75) is 25.0 Å². The SMILES string of the molecule is CCOC[C@]1(C(N)=S)[C@H](c2ccc(C)cc2)[C@H]1S(C)(=O)=O. The third-order valence-corrected chi connectivity index (χ3v) is 6.15. The minimum absolute atomic E-state index is 0.219. The van der Waals surface area contributed by atoms with E-state index in [0.29, 0.717) is 6.61 Å². The molecule has 116 valence electrons. The molecular formula is C15H21NO3S2. The Balaban J connectivity index is 2.46. The molecule has 21 heavy (non-hydrogen) atoms. The molecule has 4 nitrogen and oxygen atoms in total. The van der Waals surface area contributed by atoms with Crippen LogP contribution in [0.1, 0.15) is 24.0 Å². The second-order valence-corrected chi connectivity index (χ2v) is 8.29. The molecule has 0 aliphatic heterocycles. The summed E-state index contributed by atoms with van der Waals surface area (Å²) in [4.78, 5) is 0.219. The lowest BCUT2D eigenvalue weighted by molar-refractivity contribution is 0.121. The number of rotatable bonds is 6. The van der Waals surface area contributed by atoms with E-state index in [9.17, 15) is 8.42 Å². The monoisotopic (exact) mass is 327 g/mol. The maximum atomic E-state index is 12.2. The number of ether oxygens (including phenoxy) is 1. The van der Waals surface area contributed by atoms with Crippen molar-refractivity contribution in [3.05, 3.63) is 35.4 Å². The van der Waals surface area contributed by atoms with Gasteiger partial charge in [0.25, 0.3) is 0 Å². The Bertz CT molecular complexity index is 639. The van der Waals surface area contributed by atoms with Crippen molar-refractivity contribution < 1.29 is 13.2 Å². The lowest BCUT2D eigenvalue weighted by atomic mass is 9.99. The summed E-state index contributed by atoms with van der Waals surface area (Å²) >= 11 is 5.19. The van der Waals surface area contributed by atoms with E-state index in [4.69, 9.17) is 22.7 Å². The molecule has 2 N–H and O–H groups in total. The molecule has 0 heterocycles. The van der Waals surface area contributed by atoms with Gasteiger partial charge in [-0.15, -0.1) is 0 Å². The van der Waals surface area contributed by atoms with Crippen LogP contribution in [-0.2, 0) is 14.6 Å². The molecule has 1 aromatic carbocycles. The second kappa shape index (κ2) is 5.66. The fraction of sp³-hybridized carbons (Fsp3) is 0.533. The Kier molecular flexibility index (Phi) is 4.42. The molecule has 0 radical (unpaired) electrons. The zero-order valence-corrected chi connectivity index (χ0v) is 14.1. The van der Waals surface area contributed by atoms with E-state index in [1.54, 1.807) is 0 Å². The fourth-order valence-corrected chi connectivity index (χ4v) is 5.40. The highest BCUT2D eigenvalue weighted by molar-refractivity contribution is 7.92. The van der Waals surface area contributed by atoms with Crippen LogP contribution in [0.25, 0.3) is 0 Å². The zero-order chi connectivity index (χ0) is 15.8. The molecule has 0 spiro atoms. The van der Waals surface area contributed by atoms with E-state index in [0.717, 1.165) is 11.1 Å². The van der Waals surface area contributed by atoms with E-state index in [1.807, 2.05) is 38.1 Å². The normalized spacial score (nSPS) is 28.3. The van der Waals surface area contributed by atoms with Crippen molar-refractivity contribution in [3.8, 4) is 0 Å². The first-order valence-corrected chi connectivity index (χ1v) is 9.24. The van der Waals surface area contributed by atoms with Crippen LogP contribution >= 0.6 is 12.2 Å². The largest absolute Gasteiger partial charge is 0.393 e. The van der Waals surface area contributed by atoms with Gasteiger partial charge in [-0.3, -0.25) is 0 Å². The smallest absolute Gasteiger partial charge is 0.152 e. The average Bonchev–Trinajstić information content (AvgIpc) is 3.08. The Morgan fingerprint density at radius 1 is 1.38 bits per heavy atom. The standard InChI is InChI=1S/C15H21NO3S2/c1-4-19-9-15(14(16)20)12(13(15)21(3,17)18)11-7-5-10(2)6-8-11/h5-8,12-13H,4,9H2,1-3H3,(H2,16,20)/t12-,13-,15+/m1/s1. The second-order valence-electron chi connectivity index (χ2n) is 5.68. The van der Waals surface area contributed by atoms with Crippen LogP contribution in [0.15, 0.2) is 24.3 Å². The van der Waals surface area contributed by atoms with Crippen molar-refractivity contribution in [2.75, 3.05) is 19.5 Å². The topological polar surface area (TPSA) is 69.4 Å². The van der Waals surface area contributed by atoms with E-state index < -0.39 is 20.5 Å². The lowest BCUT2D eigenvalue weighted by Crippen LogP contribution is -2.33. The fourth-order valence-electron chi connectivity index (χ4n) is 3.09. The summed E-state index contributed by atoms with van der Waals surface area (Å²) in [6, 6.07) is 7.84. The van der Waals surface area contributed by atoms with Crippen molar-refractivity contribution in [3.63, 3.8) is 0 Å². The van der Waals surface area contributed by atoms with E-state index in [1.165, 1.54) is 6.26 Å². The van der Waals surface area contributed by atoms with E-state index >= 15 is 0 Å². The predicted octanol–water partition coefficient (Wildman–Crippen LogP) is 1.81. The quantitative estimate of drug-likeness (QED) is 0.807. The van der Waals surface area contributed by atoms with E-state index in [-0.39, 0.29) is 17.5 Å². The zero-order valence-electron chi connectivity index (χ0n) is 12.5. The van der Waals surface area contributed by atoms with Gasteiger partial charge in [0.1, 0.15) is 0 Å². The molecule has 1 aliphatic carbocycles. The van der Waals surface area contributed by atoms with Crippen LogP contribution in [0, 0.1) is 12.3 Å². The first-order valence-electron chi connectivity index (χ1n) is 6.88. The first kappa shape index (κ1) is 16.4. The highest BCUT2D eigenvalue weighted by Gasteiger charge is 2.71. The van der Waals surface area contributed by atoms with Crippen LogP contribution in [0.3, 0.4) is 0 Å². The van der Waals surface area contributed by atoms with E-state index in [2.05, 4.69) is 0 Å². The number of benzene rings is 1. The molecule has 0 aromatic heterocycles. The van der Waals surface area contributed by atoms with Gasteiger partial charge in [-0.1, -0.05) is 42.0 Å². The summed E-state index contributed by atoms with van der Waals surface area (Å²) in [5, 5.41) is -0.600. The van der Waals surface area contributed by atoms with Gasteiger partial charge < -0.3 is 10.5 Å². The summed E-state index contributed by atoms with van der Waals surface area (Å²) in [6.07, 6.45) is 1.24. The Morgan fingerprint density at radius 3 is 2.38 bits per heavy atom. The minimum atomic E-state index is -3.27. The molecule has 2 rings (SSSR count). The number of nitrogens with two attached hydrogens (primary N) is 1. The summed E-state index contributed by atoms with van der Waals surface area (Å²) in [7, 11) is -3.27. The van der Waals surface area contributed by atoms with Crippen molar-refractivity contribution >= 4 is 27.0 Å². The highest BCUT2D eigenvalue weighted by atomic mass is 32.2. The number of hydrogen-bond donors (Lipinski definition) is 1. The van der Waals surface area contributed by atoms with Crippen LogP contribution in [0.2, 0.25) is 0 Å². The molecule has 1 aromatic rings. The Labute approximate surface area is 131 Å². The van der Waals surface area contributed by atoms with Gasteiger partial charge in [-0.2, -0.15) is 0 Å². The molecule has 3 atom stereocenters. The van der Waals surface area contributed by atoms with Gasteiger partial charge in [0, 0.05) is 18.8 Å². The number of thiocarbonyl (C=S) groups is 1. The molecule has 0 amide bonds. The molecule has 1 saturated carbocycles. The predicted molar refractivity (Wildman–Crippen MR) is 88.3 cm³/mol. The van der Waals surface area contributed by atoms with Crippen molar-refractivity contribution in [1.29, 1.82) is 0 Å². The molecule has 6 heteroatoms. The number of sulfone groups is 1. The van der Waals surface area contributed by atoms with Crippen molar-refractivity contribution in [2.24, 2.45) is 11.1 Å². The third kappa shape index (κ3) is 2.84. The summed E-state index contributed by atoms with van der Waals surface area (Å²) in [5.41, 5.74) is 7.20. The van der Waals surface area contributed by atoms with Gasteiger partial charge in [0.15, 0.2) is 9.84 Å². The van der Waals surface area contributed by atoms with Crippen LogP contribution in [-0.4, -0.2) is 38.1 Å². The van der Waals surface area contributed by atoms with Gasteiger partial charge in [-0.05, 0) is 19.4 Å². The summed E-state index contributed by atoms with van der Waals surface area (Å²) in [5.74, 6) is -0.225. The molecule has 1 fully saturated rings. The molecule has 1 aliphatic rings. The van der Waals surface area contributed by atoms with Crippen LogP contribution in [0.5, 0.6) is 0 Å². The average molecular weight is 327 g/mol. The maximum absolute atomic E-state index is 12.2. The Hall–Kier alpha value is -0.980. The minimum Gasteiger partial charge on any atom is -0.393 e. The van der Waals surface area contributed by atoms with Crippen LogP contribution in [0.4, 0.5) is 0 Å². The van der Waals surface area contributed by atoms with Crippen molar-refractivity contribution in [1.82, 2.24) is 0 Å². The first-order chi connectivity index (χ1) is 9.75. The molecular weight excluding hydrogens is 306 g/mol. The third-order valence-electron chi connectivity index (χ3n) is 4.16. The van der Waals surface area contributed by atoms with Gasteiger partial charge in [-0.25, -0.2) is 8.42 Å². The highest BCUT2D eigenvalue weighted by Crippen LogP contribution is 2.63. The number of aryl methyl sites for hydroxylation is 1. The molecule has 0 bridgehead atoms. The van der Waals surface area contributed by atoms with Crippen LogP contribution < -0.4 is 5.73 Å². The van der Waals surface area contributed by atoms with Gasteiger partial charge >= 0.3 is 0 Å². The van der Waals surface area contributed by atoms with Gasteiger partial charge in [0.05, 0.1) is 22.3 Å². The lowest BCUT2D eigenvalue weighted by Gasteiger charge is -2.16. The molecule has 0 saturated heterocycles. The summed E-state index contributed by atoms with van der Waals surface area (Å²) < 4.78 is 29.8. The maximum Gasteiger partial charge on any atom is 0.152 e. The van der Waals surface area contributed by atoms with Gasteiger partial charge in [0.2, 0.25) is 0 Å². The molecule has 0 unspecified atom stereocenters. The number of hydrogen-bond acceptors (Lipinski definition) is 4. The Morgan fingerprint density at radius 2 is 1.95 bits per heavy atom. The summed E-state index contributed by atoms with van der Waals surface area (Å²) in [6.45, 7) is 4.61.